The van der Waals surface area contributed by atoms with Gasteiger partial charge in [0.05, 0.1) is 5.69 Å². The number of amides is 1. The van der Waals surface area contributed by atoms with Crippen molar-refractivity contribution in [1.29, 1.82) is 0 Å². The van der Waals surface area contributed by atoms with Gasteiger partial charge in [0.25, 0.3) is 5.91 Å². The minimum Gasteiger partial charge on any atom is -0.451 e. The van der Waals surface area contributed by atoms with E-state index in [1.165, 1.54) is 10.8 Å². The second-order valence-electron chi connectivity index (χ2n) is 5.83. The quantitative estimate of drug-likeness (QED) is 0.505. The molecule has 0 bridgehead atoms. The third kappa shape index (κ3) is 5.06. The molecule has 1 heterocycles. The lowest BCUT2D eigenvalue weighted by molar-refractivity contribution is -0.141. The summed E-state index contributed by atoms with van der Waals surface area (Å²) in [5.41, 5.74) is 0.298. The Morgan fingerprint density at radius 2 is 1.93 bits per heavy atom. The Labute approximate surface area is 163 Å². The molecule has 3 aromatic rings. The number of aryl methyl sites for hydroxylation is 1. The molecule has 2 aromatic carbocycles. The van der Waals surface area contributed by atoms with Crippen molar-refractivity contribution in [3.63, 3.8) is 0 Å². The van der Waals surface area contributed by atoms with Gasteiger partial charge in [0.2, 0.25) is 0 Å². The summed E-state index contributed by atoms with van der Waals surface area (Å²) in [5.74, 6) is -2.93. The van der Waals surface area contributed by atoms with Crippen molar-refractivity contribution in [2.75, 3.05) is 11.9 Å². The molecule has 0 aliphatic heterocycles. The van der Waals surface area contributed by atoms with E-state index in [1.807, 2.05) is 6.07 Å². The Morgan fingerprint density at radius 3 is 2.62 bits per heavy atom. The first-order valence-electron chi connectivity index (χ1n) is 8.38. The zero-order valence-corrected chi connectivity index (χ0v) is 15.2. The standard InChI is InChI=1S/C19H15F2N5O3/c1-12-23-24-25-26(12)17(9-13-5-3-2-4-6-13)19(28)29-11-18(27)22-16-10-14(20)7-8-15(16)21/h2-10H,11H2,1H3,(H,22,27)/b17-9+. The van der Waals surface area contributed by atoms with Crippen molar-refractivity contribution in [3.8, 4) is 0 Å². The first-order valence-corrected chi connectivity index (χ1v) is 8.38. The van der Waals surface area contributed by atoms with Crippen LogP contribution in [0.5, 0.6) is 0 Å². The van der Waals surface area contributed by atoms with Gasteiger partial charge in [0.15, 0.2) is 18.1 Å². The van der Waals surface area contributed by atoms with Crippen molar-refractivity contribution in [1.82, 2.24) is 20.2 Å². The number of anilines is 1. The summed E-state index contributed by atoms with van der Waals surface area (Å²) < 4.78 is 33.0. The average molecular weight is 399 g/mol. The number of carbonyl (C=O) groups excluding carboxylic acids is 2. The van der Waals surface area contributed by atoms with E-state index in [0.29, 0.717) is 11.4 Å². The highest BCUT2D eigenvalue weighted by atomic mass is 19.1. The predicted molar refractivity (Wildman–Crippen MR) is 99.1 cm³/mol. The molecule has 0 unspecified atom stereocenters. The Morgan fingerprint density at radius 1 is 1.17 bits per heavy atom. The SMILES string of the molecule is Cc1nnnn1/C(=C/c1ccccc1)C(=O)OCC(=O)Nc1cc(F)ccc1F. The number of esters is 1. The summed E-state index contributed by atoms with van der Waals surface area (Å²) in [7, 11) is 0. The van der Waals surface area contributed by atoms with Crippen LogP contribution in [0.2, 0.25) is 0 Å². The topological polar surface area (TPSA) is 99.0 Å². The number of rotatable bonds is 6. The Kier molecular flexibility index (Phi) is 6.03. The van der Waals surface area contributed by atoms with Crippen LogP contribution in [0.1, 0.15) is 11.4 Å². The molecule has 10 heteroatoms. The molecule has 0 fully saturated rings. The van der Waals surface area contributed by atoms with Crippen LogP contribution >= 0.6 is 0 Å². The molecule has 1 amide bonds. The van der Waals surface area contributed by atoms with E-state index in [9.17, 15) is 18.4 Å². The van der Waals surface area contributed by atoms with Gasteiger partial charge < -0.3 is 10.1 Å². The maximum absolute atomic E-state index is 13.6. The molecule has 148 valence electrons. The highest BCUT2D eigenvalue weighted by Gasteiger charge is 2.19. The van der Waals surface area contributed by atoms with Crippen LogP contribution in [0.15, 0.2) is 48.5 Å². The molecule has 29 heavy (non-hydrogen) atoms. The van der Waals surface area contributed by atoms with Crippen molar-refractivity contribution >= 4 is 29.3 Å². The third-order valence-electron chi connectivity index (χ3n) is 3.70. The number of carbonyl (C=O) groups is 2. The number of aromatic nitrogens is 4. The fourth-order valence-corrected chi connectivity index (χ4v) is 2.35. The summed E-state index contributed by atoms with van der Waals surface area (Å²) in [4.78, 5) is 24.5. The number of tetrazole rings is 1. The van der Waals surface area contributed by atoms with Gasteiger partial charge in [-0.15, -0.1) is 5.10 Å². The van der Waals surface area contributed by atoms with E-state index in [4.69, 9.17) is 4.74 Å². The van der Waals surface area contributed by atoms with Crippen LogP contribution in [0, 0.1) is 18.6 Å². The number of benzene rings is 2. The summed E-state index contributed by atoms with van der Waals surface area (Å²) in [6.45, 7) is 0.869. The maximum Gasteiger partial charge on any atom is 0.357 e. The number of halogens is 2. The molecular weight excluding hydrogens is 384 g/mol. The number of nitrogens with one attached hydrogen (secondary N) is 1. The van der Waals surface area contributed by atoms with Crippen LogP contribution in [0.4, 0.5) is 14.5 Å². The fraction of sp³-hybridized carbons (Fsp3) is 0.105. The molecule has 0 spiro atoms. The van der Waals surface area contributed by atoms with Gasteiger partial charge in [-0.1, -0.05) is 30.3 Å². The predicted octanol–water partition coefficient (Wildman–Crippen LogP) is 2.44. The molecule has 0 aliphatic carbocycles. The lowest BCUT2D eigenvalue weighted by Gasteiger charge is -2.10. The minimum absolute atomic E-state index is 0.0246. The summed E-state index contributed by atoms with van der Waals surface area (Å²) >= 11 is 0. The van der Waals surface area contributed by atoms with Crippen molar-refractivity contribution in [3.05, 3.63) is 71.6 Å². The van der Waals surface area contributed by atoms with Crippen molar-refractivity contribution < 1.29 is 23.1 Å². The second kappa shape index (κ2) is 8.83. The average Bonchev–Trinajstić information content (AvgIpc) is 3.13. The molecule has 0 saturated carbocycles. The van der Waals surface area contributed by atoms with E-state index in [2.05, 4.69) is 20.8 Å². The van der Waals surface area contributed by atoms with Gasteiger partial charge in [0.1, 0.15) is 11.6 Å². The minimum atomic E-state index is -0.876. The van der Waals surface area contributed by atoms with Crippen LogP contribution in [0.3, 0.4) is 0 Å². The summed E-state index contributed by atoms with van der Waals surface area (Å²) in [5, 5.41) is 13.1. The first-order chi connectivity index (χ1) is 13.9. The van der Waals surface area contributed by atoms with Crippen LogP contribution in [-0.2, 0) is 14.3 Å². The normalized spacial score (nSPS) is 11.2. The van der Waals surface area contributed by atoms with Gasteiger partial charge in [-0.2, -0.15) is 4.68 Å². The lowest BCUT2D eigenvalue weighted by atomic mass is 10.2. The van der Waals surface area contributed by atoms with Gasteiger partial charge in [-0.3, -0.25) is 4.79 Å². The monoisotopic (exact) mass is 399 g/mol. The first kappa shape index (κ1) is 19.8. The Bertz CT molecular complexity index is 1070. The zero-order valence-electron chi connectivity index (χ0n) is 15.2. The molecular formula is C19H15F2N5O3. The lowest BCUT2D eigenvalue weighted by Crippen LogP contribution is -2.23. The highest BCUT2D eigenvalue weighted by Crippen LogP contribution is 2.16. The van der Waals surface area contributed by atoms with Gasteiger partial charge in [-0.05, 0) is 41.1 Å². The molecule has 1 aromatic heterocycles. The molecule has 8 nitrogen and oxygen atoms in total. The van der Waals surface area contributed by atoms with E-state index >= 15 is 0 Å². The second-order valence-corrected chi connectivity index (χ2v) is 5.83. The molecule has 0 saturated heterocycles. The van der Waals surface area contributed by atoms with Crippen LogP contribution in [0.25, 0.3) is 11.8 Å². The summed E-state index contributed by atoms with van der Waals surface area (Å²) in [6, 6.07) is 11.5. The molecule has 3 rings (SSSR count). The molecule has 1 N–H and O–H groups in total. The highest BCUT2D eigenvalue weighted by molar-refractivity contribution is 6.15. The summed E-state index contributed by atoms with van der Waals surface area (Å²) in [6.07, 6.45) is 1.50. The van der Waals surface area contributed by atoms with E-state index < -0.39 is 30.1 Å². The van der Waals surface area contributed by atoms with Crippen molar-refractivity contribution in [2.45, 2.75) is 6.92 Å². The Hall–Kier alpha value is -3.95. The zero-order chi connectivity index (χ0) is 20.8. The van der Waals surface area contributed by atoms with Gasteiger partial charge in [0, 0.05) is 6.07 Å². The van der Waals surface area contributed by atoms with E-state index in [1.54, 1.807) is 31.2 Å². The maximum atomic E-state index is 13.6. The van der Waals surface area contributed by atoms with Crippen molar-refractivity contribution in [2.24, 2.45) is 0 Å². The van der Waals surface area contributed by atoms with E-state index in [-0.39, 0.29) is 11.4 Å². The largest absolute Gasteiger partial charge is 0.451 e. The number of nitrogens with zero attached hydrogens (tertiary/aromatic N) is 4. The van der Waals surface area contributed by atoms with Gasteiger partial charge in [-0.25, -0.2) is 13.6 Å². The number of ether oxygens (including phenoxy) is 1. The number of hydrogen-bond acceptors (Lipinski definition) is 6. The fourth-order valence-electron chi connectivity index (χ4n) is 2.35. The third-order valence-corrected chi connectivity index (χ3v) is 3.70. The van der Waals surface area contributed by atoms with Crippen LogP contribution < -0.4 is 5.32 Å². The molecule has 0 radical (unpaired) electrons. The van der Waals surface area contributed by atoms with E-state index in [0.717, 1.165) is 18.2 Å². The molecule has 0 atom stereocenters. The molecule has 0 aliphatic rings. The Balaban J connectivity index is 1.73. The number of hydrogen-bond donors (Lipinski definition) is 1. The van der Waals surface area contributed by atoms with Crippen LogP contribution in [-0.4, -0.2) is 38.7 Å². The van der Waals surface area contributed by atoms with Gasteiger partial charge >= 0.3 is 5.97 Å². The smallest absolute Gasteiger partial charge is 0.357 e.